The van der Waals surface area contributed by atoms with Gasteiger partial charge in [-0.1, -0.05) is 17.7 Å². The number of anilines is 1. The van der Waals surface area contributed by atoms with E-state index in [0.29, 0.717) is 12.2 Å². The van der Waals surface area contributed by atoms with Crippen molar-refractivity contribution in [3.8, 4) is 6.07 Å². The van der Waals surface area contributed by atoms with E-state index >= 15 is 0 Å². The SMILES string of the molecule is N#CCCNc1cccc(Cl)c1[N+](=O)[O-]. The maximum absolute atomic E-state index is 10.7. The number of nitro benzene ring substituents is 1. The lowest BCUT2D eigenvalue weighted by Gasteiger charge is -2.05. The summed E-state index contributed by atoms with van der Waals surface area (Å²) < 4.78 is 0. The average molecular weight is 226 g/mol. The quantitative estimate of drug-likeness (QED) is 0.485. The number of nitrogens with one attached hydrogen (secondary N) is 1. The lowest BCUT2D eigenvalue weighted by molar-refractivity contribution is -0.383. The van der Waals surface area contributed by atoms with Crippen LogP contribution in [0.25, 0.3) is 0 Å². The zero-order valence-corrected chi connectivity index (χ0v) is 8.49. The van der Waals surface area contributed by atoms with Crippen LogP contribution in [0.4, 0.5) is 11.4 Å². The number of hydrogen-bond donors (Lipinski definition) is 1. The molecule has 0 radical (unpaired) electrons. The summed E-state index contributed by atoms with van der Waals surface area (Å²) in [6.07, 6.45) is 0.281. The van der Waals surface area contributed by atoms with E-state index in [0.717, 1.165) is 0 Å². The third-order valence-electron chi connectivity index (χ3n) is 1.72. The van der Waals surface area contributed by atoms with Crippen LogP contribution in [0.1, 0.15) is 6.42 Å². The molecule has 1 aromatic rings. The molecule has 0 fully saturated rings. The highest BCUT2D eigenvalue weighted by molar-refractivity contribution is 6.33. The predicted molar refractivity (Wildman–Crippen MR) is 56.8 cm³/mol. The summed E-state index contributed by atoms with van der Waals surface area (Å²) >= 11 is 5.69. The largest absolute Gasteiger partial charge is 0.378 e. The first-order valence-corrected chi connectivity index (χ1v) is 4.58. The second-order valence-electron chi connectivity index (χ2n) is 2.73. The third-order valence-corrected chi connectivity index (χ3v) is 2.03. The Morgan fingerprint density at radius 3 is 2.93 bits per heavy atom. The fraction of sp³-hybridized carbons (Fsp3) is 0.222. The summed E-state index contributed by atoms with van der Waals surface area (Å²) in [6.45, 7) is 0.359. The predicted octanol–water partition coefficient (Wildman–Crippen LogP) is 2.57. The van der Waals surface area contributed by atoms with Crippen molar-refractivity contribution < 1.29 is 4.92 Å². The Morgan fingerprint density at radius 1 is 1.60 bits per heavy atom. The standard InChI is InChI=1S/C9H8ClN3O2/c10-7-3-1-4-8(9(7)13(14)15)12-6-2-5-11/h1,3-4,12H,2,6H2. The Balaban J connectivity index is 2.92. The summed E-state index contributed by atoms with van der Waals surface area (Å²) in [5.74, 6) is 0. The van der Waals surface area contributed by atoms with Gasteiger partial charge in [0.25, 0.3) is 0 Å². The Labute approximate surface area is 91.4 Å². The van der Waals surface area contributed by atoms with Crippen molar-refractivity contribution >= 4 is 23.0 Å². The van der Waals surface area contributed by atoms with Crippen LogP contribution in [0.15, 0.2) is 18.2 Å². The summed E-state index contributed by atoms with van der Waals surface area (Å²) in [7, 11) is 0. The van der Waals surface area contributed by atoms with E-state index in [1.807, 2.05) is 6.07 Å². The van der Waals surface area contributed by atoms with E-state index in [1.165, 1.54) is 6.07 Å². The Bertz CT molecular complexity index is 414. The number of rotatable bonds is 4. The first kappa shape index (κ1) is 11.3. The van der Waals surface area contributed by atoms with Gasteiger partial charge in [0.1, 0.15) is 10.7 Å². The van der Waals surface area contributed by atoms with Crippen LogP contribution in [-0.4, -0.2) is 11.5 Å². The first-order valence-electron chi connectivity index (χ1n) is 4.20. The molecule has 0 heterocycles. The smallest absolute Gasteiger partial charge is 0.310 e. The maximum atomic E-state index is 10.7. The van der Waals surface area contributed by atoms with Gasteiger partial charge in [0, 0.05) is 6.54 Å². The van der Waals surface area contributed by atoms with Crippen molar-refractivity contribution in [1.29, 1.82) is 5.26 Å². The molecule has 15 heavy (non-hydrogen) atoms. The van der Waals surface area contributed by atoms with E-state index in [-0.39, 0.29) is 17.1 Å². The highest BCUT2D eigenvalue weighted by atomic mass is 35.5. The molecule has 1 rings (SSSR count). The zero-order chi connectivity index (χ0) is 11.3. The average Bonchev–Trinajstić information content (AvgIpc) is 2.17. The minimum Gasteiger partial charge on any atom is -0.378 e. The molecule has 0 saturated carbocycles. The molecule has 6 heteroatoms. The molecule has 0 aliphatic rings. The van der Waals surface area contributed by atoms with Gasteiger partial charge in [-0.05, 0) is 12.1 Å². The number of hydrogen-bond acceptors (Lipinski definition) is 4. The van der Waals surface area contributed by atoms with E-state index in [2.05, 4.69) is 5.32 Å². The van der Waals surface area contributed by atoms with Crippen LogP contribution in [-0.2, 0) is 0 Å². The maximum Gasteiger partial charge on any atom is 0.310 e. The van der Waals surface area contributed by atoms with Crippen LogP contribution in [0.2, 0.25) is 5.02 Å². The van der Waals surface area contributed by atoms with Crippen LogP contribution in [0, 0.1) is 21.4 Å². The number of benzene rings is 1. The molecule has 0 aliphatic carbocycles. The van der Waals surface area contributed by atoms with Crippen molar-refractivity contribution in [1.82, 2.24) is 0 Å². The van der Waals surface area contributed by atoms with Gasteiger partial charge in [0.15, 0.2) is 0 Å². The van der Waals surface area contributed by atoms with Gasteiger partial charge in [-0.3, -0.25) is 10.1 Å². The monoisotopic (exact) mass is 225 g/mol. The van der Waals surface area contributed by atoms with Gasteiger partial charge in [-0.2, -0.15) is 5.26 Å². The molecule has 0 spiro atoms. The van der Waals surface area contributed by atoms with Crippen LogP contribution < -0.4 is 5.32 Å². The van der Waals surface area contributed by atoms with Crippen molar-refractivity contribution in [3.05, 3.63) is 33.3 Å². The van der Waals surface area contributed by atoms with Crippen LogP contribution in [0.5, 0.6) is 0 Å². The summed E-state index contributed by atoms with van der Waals surface area (Å²) in [6, 6.07) is 6.56. The lowest BCUT2D eigenvalue weighted by Crippen LogP contribution is -2.03. The number of halogens is 1. The lowest BCUT2D eigenvalue weighted by atomic mass is 10.2. The summed E-state index contributed by atoms with van der Waals surface area (Å²) in [5.41, 5.74) is 0.180. The molecule has 0 saturated heterocycles. The molecule has 78 valence electrons. The minimum absolute atomic E-state index is 0.0851. The highest BCUT2D eigenvalue weighted by Gasteiger charge is 2.17. The van der Waals surface area contributed by atoms with Crippen molar-refractivity contribution in [3.63, 3.8) is 0 Å². The van der Waals surface area contributed by atoms with E-state index in [9.17, 15) is 10.1 Å². The Morgan fingerprint density at radius 2 is 2.33 bits per heavy atom. The summed E-state index contributed by atoms with van der Waals surface area (Å²) in [5, 5.41) is 21.9. The van der Waals surface area contributed by atoms with Gasteiger partial charge < -0.3 is 5.32 Å². The summed E-state index contributed by atoms with van der Waals surface area (Å²) in [4.78, 5) is 10.1. The normalized spacial score (nSPS) is 9.33. The van der Waals surface area contributed by atoms with Crippen LogP contribution >= 0.6 is 11.6 Å². The molecule has 0 amide bonds. The van der Waals surface area contributed by atoms with Crippen LogP contribution in [0.3, 0.4) is 0 Å². The molecule has 0 aromatic heterocycles. The van der Waals surface area contributed by atoms with E-state index in [4.69, 9.17) is 16.9 Å². The minimum atomic E-state index is -0.545. The molecule has 1 aromatic carbocycles. The molecule has 0 bridgehead atoms. The molecule has 0 atom stereocenters. The molecular formula is C9H8ClN3O2. The fourth-order valence-corrected chi connectivity index (χ4v) is 1.34. The number of nitro groups is 1. The van der Waals surface area contributed by atoms with Gasteiger partial charge in [-0.25, -0.2) is 0 Å². The third kappa shape index (κ3) is 2.82. The zero-order valence-electron chi connectivity index (χ0n) is 7.74. The van der Waals surface area contributed by atoms with Crippen molar-refractivity contribution in [2.45, 2.75) is 6.42 Å². The van der Waals surface area contributed by atoms with Gasteiger partial charge in [0.05, 0.1) is 17.4 Å². The first-order chi connectivity index (χ1) is 7.16. The Hall–Kier alpha value is -1.80. The number of nitrogens with zero attached hydrogens (tertiary/aromatic N) is 2. The second kappa shape index (κ2) is 5.17. The molecular weight excluding hydrogens is 218 g/mol. The van der Waals surface area contributed by atoms with Crippen molar-refractivity contribution in [2.75, 3.05) is 11.9 Å². The van der Waals surface area contributed by atoms with Gasteiger partial charge >= 0.3 is 5.69 Å². The fourth-order valence-electron chi connectivity index (χ4n) is 1.10. The van der Waals surface area contributed by atoms with E-state index in [1.54, 1.807) is 12.1 Å². The second-order valence-corrected chi connectivity index (χ2v) is 3.14. The topological polar surface area (TPSA) is 79.0 Å². The number of para-hydroxylation sites is 1. The van der Waals surface area contributed by atoms with Gasteiger partial charge in [0.2, 0.25) is 0 Å². The molecule has 0 unspecified atom stereocenters. The molecule has 0 aliphatic heterocycles. The van der Waals surface area contributed by atoms with E-state index < -0.39 is 4.92 Å². The highest BCUT2D eigenvalue weighted by Crippen LogP contribution is 2.31. The van der Waals surface area contributed by atoms with Crippen molar-refractivity contribution in [2.24, 2.45) is 0 Å². The molecule has 5 nitrogen and oxygen atoms in total. The molecule has 1 N–H and O–H groups in total. The van der Waals surface area contributed by atoms with Gasteiger partial charge in [-0.15, -0.1) is 0 Å². The number of nitriles is 1. The Kier molecular flexibility index (Phi) is 3.89.